The number of nitrogens with one attached hydrogen (secondary N) is 1. The third kappa shape index (κ3) is 4.76. The first-order valence-corrected chi connectivity index (χ1v) is 9.29. The Morgan fingerprint density at radius 2 is 1.89 bits per heavy atom. The Morgan fingerprint density at radius 3 is 2.57 bits per heavy atom. The van der Waals surface area contributed by atoms with Crippen molar-refractivity contribution in [3.8, 4) is 0 Å². The van der Waals surface area contributed by atoms with Gasteiger partial charge in [-0.05, 0) is 6.07 Å². The number of hydrogen-bond donors (Lipinski definition) is 1. The van der Waals surface area contributed by atoms with Crippen molar-refractivity contribution >= 4 is 45.4 Å². The van der Waals surface area contributed by atoms with Gasteiger partial charge in [0.2, 0.25) is 5.13 Å². The van der Waals surface area contributed by atoms with Crippen molar-refractivity contribution in [2.45, 2.75) is 12.8 Å². The molecule has 10 heteroatoms. The van der Waals surface area contributed by atoms with Crippen LogP contribution in [0.25, 0.3) is 0 Å². The molecule has 1 amide bonds. The summed E-state index contributed by atoms with van der Waals surface area (Å²) in [6.45, 7) is 0. The summed E-state index contributed by atoms with van der Waals surface area (Å²) in [6, 6.07) is 12.5. The smallest absolute Gasteiger partial charge is 0.270 e. The number of anilines is 1. The molecule has 142 valence electrons. The number of ketones is 1. The monoisotopic (exact) mass is 416 g/mol. The van der Waals surface area contributed by atoms with E-state index in [0.717, 1.165) is 17.4 Å². The Hall–Kier alpha value is -3.17. The highest BCUT2D eigenvalue weighted by Gasteiger charge is 2.17. The number of amides is 1. The van der Waals surface area contributed by atoms with E-state index >= 15 is 0 Å². The van der Waals surface area contributed by atoms with Crippen LogP contribution in [0.2, 0.25) is 5.02 Å². The van der Waals surface area contributed by atoms with E-state index in [-0.39, 0.29) is 33.6 Å². The molecule has 0 spiro atoms. The summed E-state index contributed by atoms with van der Waals surface area (Å²) in [5.74, 6) is -0.554. The number of aryl methyl sites for hydroxylation is 1. The Bertz CT molecular complexity index is 1040. The van der Waals surface area contributed by atoms with Gasteiger partial charge in [0.15, 0.2) is 5.78 Å². The van der Waals surface area contributed by atoms with Gasteiger partial charge in [0.25, 0.3) is 11.6 Å². The second-order valence-corrected chi connectivity index (χ2v) is 7.13. The number of carbonyl (C=O) groups is 2. The van der Waals surface area contributed by atoms with Crippen LogP contribution in [0.15, 0.2) is 48.5 Å². The average Bonchev–Trinajstić information content (AvgIpc) is 3.13. The number of benzene rings is 2. The maximum Gasteiger partial charge on any atom is 0.270 e. The molecule has 0 saturated heterocycles. The van der Waals surface area contributed by atoms with E-state index in [9.17, 15) is 19.7 Å². The number of rotatable bonds is 7. The summed E-state index contributed by atoms with van der Waals surface area (Å²) in [5.41, 5.74) is 0.513. The minimum Gasteiger partial charge on any atom is -0.296 e. The van der Waals surface area contributed by atoms with Crippen LogP contribution >= 0.6 is 22.9 Å². The van der Waals surface area contributed by atoms with Crippen molar-refractivity contribution in [1.82, 2.24) is 10.2 Å². The lowest BCUT2D eigenvalue weighted by molar-refractivity contribution is -0.384. The SMILES string of the molecule is O=C(CCc1nnc(NC(=O)c2ccc([N+](=O)[O-])cc2Cl)s1)c1ccccc1. The second kappa shape index (κ2) is 8.68. The van der Waals surface area contributed by atoms with Crippen LogP contribution in [0.5, 0.6) is 0 Å². The molecular weight excluding hydrogens is 404 g/mol. The molecule has 2 aromatic carbocycles. The summed E-state index contributed by atoms with van der Waals surface area (Å²) >= 11 is 7.10. The predicted molar refractivity (Wildman–Crippen MR) is 105 cm³/mol. The molecule has 0 saturated carbocycles. The van der Waals surface area contributed by atoms with Crippen molar-refractivity contribution in [3.05, 3.63) is 79.8 Å². The molecule has 0 radical (unpaired) electrons. The molecule has 0 aliphatic rings. The number of carbonyl (C=O) groups excluding carboxylic acids is 2. The van der Waals surface area contributed by atoms with Gasteiger partial charge in [0.05, 0.1) is 15.5 Å². The number of nitro benzene ring substituents is 1. The number of nitro groups is 1. The van der Waals surface area contributed by atoms with Gasteiger partial charge in [-0.2, -0.15) is 0 Å². The van der Waals surface area contributed by atoms with Crippen LogP contribution in [-0.4, -0.2) is 26.8 Å². The molecule has 0 bridgehead atoms. The first-order chi connectivity index (χ1) is 13.4. The summed E-state index contributed by atoms with van der Waals surface area (Å²) in [4.78, 5) is 34.6. The van der Waals surface area contributed by atoms with E-state index in [2.05, 4.69) is 15.5 Å². The van der Waals surface area contributed by atoms with Crippen molar-refractivity contribution < 1.29 is 14.5 Å². The Labute approximate surface area is 168 Å². The quantitative estimate of drug-likeness (QED) is 0.351. The van der Waals surface area contributed by atoms with Gasteiger partial charge in [-0.15, -0.1) is 10.2 Å². The van der Waals surface area contributed by atoms with Crippen molar-refractivity contribution in [1.29, 1.82) is 0 Å². The maximum absolute atomic E-state index is 12.3. The fourth-order valence-corrected chi connectivity index (χ4v) is 3.36. The molecule has 1 N–H and O–H groups in total. The van der Waals surface area contributed by atoms with E-state index < -0.39 is 10.8 Å². The topological polar surface area (TPSA) is 115 Å². The predicted octanol–water partition coefficient (Wildman–Crippen LogP) is 4.17. The van der Waals surface area contributed by atoms with Crippen LogP contribution < -0.4 is 5.32 Å². The molecule has 1 aromatic heterocycles. The van der Waals surface area contributed by atoms with Crippen LogP contribution in [0.1, 0.15) is 32.1 Å². The summed E-state index contributed by atoms with van der Waals surface area (Å²) in [6.07, 6.45) is 0.681. The van der Waals surface area contributed by atoms with Gasteiger partial charge in [-0.25, -0.2) is 0 Å². The fourth-order valence-electron chi connectivity index (χ4n) is 2.36. The first-order valence-electron chi connectivity index (χ1n) is 8.10. The standard InChI is InChI=1S/C18H13ClN4O4S/c19-14-10-12(23(26)27)6-7-13(14)17(25)20-18-22-21-16(28-18)9-8-15(24)11-4-2-1-3-5-11/h1-7,10H,8-9H2,(H,20,22,25). The molecular formula is C18H13ClN4O4S. The van der Waals surface area contributed by atoms with Crippen molar-refractivity contribution in [2.75, 3.05) is 5.32 Å². The van der Waals surface area contributed by atoms with Crippen LogP contribution in [0.3, 0.4) is 0 Å². The number of aromatic nitrogens is 2. The lowest BCUT2D eigenvalue weighted by Crippen LogP contribution is -2.12. The van der Waals surface area contributed by atoms with E-state index in [4.69, 9.17) is 11.6 Å². The molecule has 0 aliphatic carbocycles. The highest BCUT2D eigenvalue weighted by atomic mass is 35.5. The number of hydrogen-bond acceptors (Lipinski definition) is 7. The fraction of sp³-hybridized carbons (Fsp3) is 0.111. The third-order valence-electron chi connectivity index (χ3n) is 3.76. The molecule has 3 aromatic rings. The summed E-state index contributed by atoms with van der Waals surface area (Å²) in [5, 5.41) is 22.0. The molecule has 0 unspecified atom stereocenters. The van der Waals surface area contributed by atoms with Gasteiger partial charge < -0.3 is 0 Å². The number of non-ortho nitro benzene ring substituents is 1. The Balaban J connectivity index is 1.60. The molecule has 8 nitrogen and oxygen atoms in total. The average molecular weight is 417 g/mol. The zero-order valence-electron chi connectivity index (χ0n) is 14.3. The lowest BCUT2D eigenvalue weighted by Gasteiger charge is -2.03. The first kappa shape index (κ1) is 19.6. The molecule has 0 aliphatic heterocycles. The van der Waals surface area contributed by atoms with Gasteiger partial charge in [0, 0.05) is 30.5 Å². The number of halogens is 1. The van der Waals surface area contributed by atoms with Gasteiger partial charge in [0.1, 0.15) is 5.01 Å². The second-order valence-electron chi connectivity index (χ2n) is 5.67. The normalized spacial score (nSPS) is 10.5. The number of nitrogens with zero attached hydrogens (tertiary/aromatic N) is 3. The molecule has 0 fully saturated rings. The van der Waals surface area contributed by atoms with Gasteiger partial charge in [-0.3, -0.25) is 25.0 Å². The largest absolute Gasteiger partial charge is 0.296 e. The van der Waals surface area contributed by atoms with Crippen LogP contribution in [0.4, 0.5) is 10.8 Å². The molecule has 28 heavy (non-hydrogen) atoms. The van der Waals surface area contributed by atoms with E-state index in [1.807, 2.05) is 6.07 Å². The maximum atomic E-state index is 12.3. The molecule has 1 heterocycles. The van der Waals surface area contributed by atoms with Crippen LogP contribution in [0, 0.1) is 10.1 Å². The van der Waals surface area contributed by atoms with Gasteiger partial charge >= 0.3 is 0 Å². The lowest BCUT2D eigenvalue weighted by atomic mass is 10.1. The van der Waals surface area contributed by atoms with Crippen molar-refractivity contribution in [3.63, 3.8) is 0 Å². The minimum atomic E-state index is -0.596. The summed E-state index contributed by atoms with van der Waals surface area (Å²) in [7, 11) is 0. The zero-order valence-corrected chi connectivity index (χ0v) is 15.9. The zero-order chi connectivity index (χ0) is 20.1. The third-order valence-corrected chi connectivity index (χ3v) is 4.97. The highest BCUT2D eigenvalue weighted by Crippen LogP contribution is 2.24. The number of Topliss-reactive ketones (excluding diaryl/α,β-unsaturated/α-hetero) is 1. The van der Waals surface area contributed by atoms with Gasteiger partial charge in [-0.1, -0.05) is 53.3 Å². The molecule has 3 rings (SSSR count). The van der Waals surface area contributed by atoms with Crippen LogP contribution in [-0.2, 0) is 6.42 Å². The molecule has 0 atom stereocenters. The van der Waals surface area contributed by atoms with E-state index in [1.54, 1.807) is 24.3 Å². The van der Waals surface area contributed by atoms with E-state index in [0.29, 0.717) is 17.0 Å². The Kier molecular flexibility index (Phi) is 6.07. The van der Waals surface area contributed by atoms with E-state index in [1.165, 1.54) is 12.1 Å². The summed E-state index contributed by atoms with van der Waals surface area (Å²) < 4.78 is 0. The minimum absolute atomic E-state index is 0.000882. The highest BCUT2D eigenvalue weighted by molar-refractivity contribution is 7.15. The Morgan fingerprint density at radius 1 is 1.14 bits per heavy atom. The van der Waals surface area contributed by atoms with Crippen molar-refractivity contribution in [2.24, 2.45) is 0 Å².